The summed E-state index contributed by atoms with van der Waals surface area (Å²) in [5, 5.41) is 2.68. The molecule has 1 amide bonds. The highest BCUT2D eigenvalue weighted by Gasteiger charge is 2.15. The average Bonchev–Trinajstić information content (AvgIpc) is 2.59. The van der Waals surface area contributed by atoms with E-state index in [0.717, 1.165) is 18.6 Å². The van der Waals surface area contributed by atoms with Crippen molar-refractivity contribution in [1.29, 1.82) is 0 Å². The summed E-state index contributed by atoms with van der Waals surface area (Å²) in [5.41, 5.74) is 3.33. The number of aryl methyl sites for hydroxylation is 1. The Morgan fingerprint density at radius 1 is 1.04 bits per heavy atom. The summed E-state index contributed by atoms with van der Waals surface area (Å²) in [5.74, 6) is 0.785. The van der Waals surface area contributed by atoms with Crippen LogP contribution in [-0.2, 0) is 11.2 Å². The minimum atomic E-state index is -0.491. The maximum absolute atomic E-state index is 11.6. The molecule has 140 valence electrons. The summed E-state index contributed by atoms with van der Waals surface area (Å²) in [6.07, 6.45) is 1.78. The molecular formula is C22H29NO3. The number of alkyl carbamates (subject to hydrolysis) is 1. The molecule has 0 saturated carbocycles. The predicted octanol–water partition coefficient (Wildman–Crippen LogP) is 5.21. The Hall–Kier alpha value is -2.49. The number of benzene rings is 2. The van der Waals surface area contributed by atoms with Gasteiger partial charge in [-0.05, 0) is 56.0 Å². The van der Waals surface area contributed by atoms with E-state index in [1.807, 2.05) is 32.9 Å². The van der Waals surface area contributed by atoms with Gasteiger partial charge in [-0.15, -0.1) is 0 Å². The lowest BCUT2D eigenvalue weighted by Crippen LogP contribution is -2.34. The van der Waals surface area contributed by atoms with Crippen molar-refractivity contribution >= 4 is 6.09 Å². The van der Waals surface area contributed by atoms with Crippen LogP contribution in [0.1, 0.15) is 39.7 Å². The smallest absolute Gasteiger partial charge is 0.407 e. The van der Waals surface area contributed by atoms with Gasteiger partial charge in [-0.25, -0.2) is 4.79 Å². The van der Waals surface area contributed by atoms with E-state index in [9.17, 15) is 4.79 Å². The largest absolute Gasteiger partial charge is 0.492 e. The number of hydrogen-bond acceptors (Lipinski definition) is 3. The number of nitrogens with one attached hydrogen (secondary N) is 1. The van der Waals surface area contributed by atoms with Crippen LogP contribution in [0, 0.1) is 0 Å². The number of carbonyl (C=O) groups excluding carboxylic acids is 1. The van der Waals surface area contributed by atoms with E-state index in [1.165, 1.54) is 16.7 Å². The van der Waals surface area contributed by atoms with Crippen molar-refractivity contribution in [3.05, 3.63) is 54.1 Å². The van der Waals surface area contributed by atoms with Gasteiger partial charge in [0.15, 0.2) is 0 Å². The molecule has 2 aromatic rings. The zero-order chi connectivity index (χ0) is 19.0. The predicted molar refractivity (Wildman–Crippen MR) is 106 cm³/mol. The molecule has 0 unspecified atom stereocenters. The zero-order valence-corrected chi connectivity index (χ0v) is 16.2. The molecule has 0 aliphatic heterocycles. The summed E-state index contributed by atoms with van der Waals surface area (Å²) in [6.45, 7) is 8.50. The lowest BCUT2D eigenvalue weighted by molar-refractivity contribution is 0.0520. The van der Waals surface area contributed by atoms with E-state index in [-0.39, 0.29) is 0 Å². The van der Waals surface area contributed by atoms with Gasteiger partial charge in [-0.2, -0.15) is 0 Å². The Labute approximate surface area is 156 Å². The van der Waals surface area contributed by atoms with Crippen LogP contribution in [0.15, 0.2) is 48.5 Å². The van der Waals surface area contributed by atoms with Crippen LogP contribution >= 0.6 is 0 Å². The van der Waals surface area contributed by atoms with Gasteiger partial charge >= 0.3 is 6.09 Å². The first-order valence-electron chi connectivity index (χ1n) is 9.17. The summed E-state index contributed by atoms with van der Waals surface area (Å²) in [6, 6.07) is 16.6. The summed E-state index contributed by atoms with van der Waals surface area (Å²) >= 11 is 0. The molecule has 4 heteroatoms. The molecule has 0 heterocycles. The molecule has 1 N–H and O–H groups in total. The molecule has 0 bridgehead atoms. The molecular weight excluding hydrogens is 326 g/mol. The van der Waals surface area contributed by atoms with E-state index in [1.54, 1.807) is 0 Å². The van der Waals surface area contributed by atoms with Crippen LogP contribution in [0.25, 0.3) is 11.1 Å². The SMILES string of the molecule is CCCc1ccccc1-c1ccc(OCCNC(=O)OC(C)(C)C)cc1. The Kier molecular flexibility index (Phi) is 7.07. The Morgan fingerprint density at radius 2 is 1.73 bits per heavy atom. The van der Waals surface area contributed by atoms with Crippen molar-refractivity contribution in [3.63, 3.8) is 0 Å². The maximum Gasteiger partial charge on any atom is 0.407 e. The fourth-order valence-corrected chi connectivity index (χ4v) is 2.66. The molecule has 0 saturated heterocycles. The second kappa shape index (κ2) is 9.27. The van der Waals surface area contributed by atoms with Crippen LogP contribution in [0.2, 0.25) is 0 Å². The molecule has 0 spiro atoms. The number of ether oxygens (including phenoxy) is 2. The lowest BCUT2D eigenvalue weighted by atomic mass is 9.97. The van der Waals surface area contributed by atoms with Gasteiger partial charge in [0.05, 0.1) is 6.54 Å². The van der Waals surface area contributed by atoms with Crippen LogP contribution < -0.4 is 10.1 Å². The second-order valence-electron chi connectivity index (χ2n) is 7.21. The van der Waals surface area contributed by atoms with Crippen LogP contribution in [0.4, 0.5) is 4.79 Å². The van der Waals surface area contributed by atoms with E-state index in [4.69, 9.17) is 9.47 Å². The molecule has 0 aromatic heterocycles. The van der Waals surface area contributed by atoms with Crippen LogP contribution in [0.5, 0.6) is 5.75 Å². The topological polar surface area (TPSA) is 47.6 Å². The first-order chi connectivity index (χ1) is 12.4. The normalized spacial score (nSPS) is 11.1. The number of carbonyl (C=O) groups is 1. The Balaban J connectivity index is 1.86. The molecule has 2 rings (SSSR count). The first-order valence-corrected chi connectivity index (χ1v) is 9.17. The maximum atomic E-state index is 11.6. The lowest BCUT2D eigenvalue weighted by Gasteiger charge is -2.19. The van der Waals surface area contributed by atoms with Crippen molar-refractivity contribution < 1.29 is 14.3 Å². The highest BCUT2D eigenvalue weighted by molar-refractivity contribution is 5.68. The third kappa shape index (κ3) is 6.43. The molecule has 0 fully saturated rings. The van der Waals surface area contributed by atoms with Gasteiger partial charge in [0.25, 0.3) is 0 Å². The van der Waals surface area contributed by atoms with Gasteiger partial charge in [0.1, 0.15) is 18.0 Å². The van der Waals surface area contributed by atoms with Crippen molar-refractivity contribution in [2.45, 2.75) is 46.1 Å². The van der Waals surface area contributed by atoms with E-state index in [0.29, 0.717) is 13.2 Å². The fraction of sp³-hybridized carbons (Fsp3) is 0.409. The van der Waals surface area contributed by atoms with Gasteiger partial charge in [0.2, 0.25) is 0 Å². The molecule has 0 radical (unpaired) electrons. The molecule has 0 aliphatic rings. The van der Waals surface area contributed by atoms with Crippen LogP contribution in [-0.4, -0.2) is 24.8 Å². The average molecular weight is 355 g/mol. The monoisotopic (exact) mass is 355 g/mol. The van der Waals surface area contributed by atoms with Gasteiger partial charge < -0.3 is 14.8 Å². The highest BCUT2D eigenvalue weighted by Crippen LogP contribution is 2.26. The zero-order valence-electron chi connectivity index (χ0n) is 16.2. The second-order valence-corrected chi connectivity index (χ2v) is 7.21. The summed E-state index contributed by atoms with van der Waals surface area (Å²) in [7, 11) is 0. The third-order valence-electron chi connectivity index (χ3n) is 3.74. The van der Waals surface area contributed by atoms with Crippen LogP contribution in [0.3, 0.4) is 0 Å². The minimum Gasteiger partial charge on any atom is -0.492 e. The quantitative estimate of drug-likeness (QED) is 0.694. The molecule has 26 heavy (non-hydrogen) atoms. The van der Waals surface area contributed by atoms with Gasteiger partial charge in [0, 0.05) is 0 Å². The Bertz CT molecular complexity index is 702. The van der Waals surface area contributed by atoms with Gasteiger partial charge in [-0.3, -0.25) is 0 Å². The first kappa shape index (κ1) is 19.8. The van der Waals surface area contributed by atoms with Crippen molar-refractivity contribution in [1.82, 2.24) is 5.32 Å². The Morgan fingerprint density at radius 3 is 2.38 bits per heavy atom. The standard InChI is InChI=1S/C22H29NO3/c1-5-8-17-9-6-7-10-20(17)18-11-13-19(14-12-18)25-16-15-23-21(24)26-22(2,3)4/h6-7,9-14H,5,8,15-16H2,1-4H3,(H,23,24). The van der Waals surface area contributed by atoms with E-state index < -0.39 is 11.7 Å². The van der Waals surface area contributed by atoms with Gasteiger partial charge in [-0.1, -0.05) is 49.7 Å². The highest BCUT2D eigenvalue weighted by atomic mass is 16.6. The molecule has 0 aliphatic carbocycles. The third-order valence-corrected chi connectivity index (χ3v) is 3.74. The summed E-state index contributed by atoms with van der Waals surface area (Å²) < 4.78 is 10.9. The number of rotatable bonds is 7. The molecule has 0 atom stereocenters. The van der Waals surface area contributed by atoms with E-state index in [2.05, 4.69) is 48.6 Å². The van der Waals surface area contributed by atoms with Crippen molar-refractivity contribution in [2.75, 3.05) is 13.2 Å². The molecule has 2 aromatic carbocycles. The summed E-state index contributed by atoms with van der Waals surface area (Å²) in [4.78, 5) is 11.6. The number of hydrogen-bond donors (Lipinski definition) is 1. The van der Waals surface area contributed by atoms with Crippen molar-refractivity contribution in [2.24, 2.45) is 0 Å². The minimum absolute atomic E-state index is 0.394. The van der Waals surface area contributed by atoms with Crippen molar-refractivity contribution in [3.8, 4) is 16.9 Å². The fourth-order valence-electron chi connectivity index (χ4n) is 2.66. The molecule has 4 nitrogen and oxygen atoms in total. The number of amides is 1. The van der Waals surface area contributed by atoms with E-state index >= 15 is 0 Å².